The molecule has 2 rings (SSSR count). The second-order valence-electron chi connectivity index (χ2n) is 9.00. The third-order valence-corrected chi connectivity index (χ3v) is 7.74. The number of amides is 2. The van der Waals surface area contributed by atoms with Gasteiger partial charge in [-0.15, -0.1) is 0 Å². The zero-order valence-electron chi connectivity index (χ0n) is 22.2. The van der Waals surface area contributed by atoms with Crippen molar-refractivity contribution in [3.8, 4) is 5.75 Å². The summed E-state index contributed by atoms with van der Waals surface area (Å²) in [5.41, 5.74) is 1.20. The molecule has 0 aliphatic heterocycles. The minimum atomic E-state index is -3.59. The first-order valence-corrected chi connectivity index (χ1v) is 14.7. The molecule has 1 N–H and O–H groups in total. The summed E-state index contributed by atoms with van der Waals surface area (Å²) in [5, 5.41) is 3.49. The molecule has 0 aromatic heterocycles. The zero-order chi connectivity index (χ0) is 27.6. The molecule has 0 saturated heterocycles. The summed E-state index contributed by atoms with van der Waals surface area (Å²) in [6.07, 6.45) is 2.66. The summed E-state index contributed by atoms with van der Waals surface area (Å²) in [6, 6.07) is 13.3. The highest BCUT2D eigenvalue weighted by molar-refractivity contribution is 7.92. The summed E-state index contributed by atoms with van der Waals surface area (Å²) in [7, 11) is -2.08. The minimum Gasteiger partial charge on any atom is -0.497 e. The van der Waals surface area contributed by atoms with E-state index in [0.29, 0.717) is 22.9 Å². The molecule has 0 aliphatic carbocycles. The third kappa shape index (κ3) is 8.93. The van der Waals surface area contributed by atoms with Gasteiger partial charge in [-0.3, -0.25) is 13.9 Å². The van der Waals surface area contributed by atoms with Crippen LogP contribution in [0.2, 0.25) is 5.02 Å². The van der Waals surface area contributed by atoms with Gasteiger partial charge in [0.25, 0.3) is 0 Å². The van der Waals surface area contributed by atoms with Crippen molar-refractivity contribution in [3.05, 3.63) is 59.1 Å². The number of benzene rings is 2. The van der Waals surface area contributed by atoms with Crippen LogP contribution < -0.4 is 14.4 Å². The second kappa shape index (κ2) is 14.2. The first-order chi connectivity index (χ1) is 17.5. The molecule has 2 amide bonds. The number of ether oxygens (including phenoxy) is 1. The fraction of sp³-hybridized carbons (Fsp3) is 0.481. The zero-order valence-corrected chi connectivity index (χ0v) is 23.8. The minimum absolute atomic E-state index is 0.0231. The van der Waals surface area contributed by atoms with Crippen LogP contribution in [0.1, 0.15) is 52.0 Å². The molecule has 0 heterocycles. The van der Waals surface area contributed by atoms with Crippen LogP contribution in [0.5, 0.6) is 5.75 Å². The quantitative estimate of drug-likeness (QED) is 0.370. The molecule has 2 aromatic rings. The van der Waals surface area contributed by atoms with Crippen LogP contribution in [0.4, 0.5) is 5.69 Å². The van der Waals surface area contributed by atoms with E-state index in [4.69, 9.17) is 16.3 Å². The molecule has 0 radical (unpaired) electrons. The summed E-state index contributed by atoms with van der Waals surface area (Å²) < 4.78 is 31.5. The van der Waals surface area contributed by atoms with Gasteiger partial charge in [-0.2, -0.15) is 0 Å². The Labute approximate surface area is 226 Å². The number of sulfonamides is 1. The van der Waals surface area contributed by atoms with E-state index in [9.17, 15) is 18.0 Å². The first kappa shape index (κ1) is 30.4. The number of halogens is 1. The molecular formula is C27H38ClN3O5S. The van der Waals surface area contributed by atoms with Crippen LogP contribution in [-0.4, -0.2) is 57.1 Å². The highest BCUT2D eigenvalue weighted by atomic mass is 35.5. The van der Waals surface area contributed by atoms with Crippen molar-refractivity contribution in [1.29, 1.82) is 0 Å². The van der Waals surface area contributed by atoms with E-state index in [-0.39, 0.29) is 43.8 Å². The van der Waals surface area contributed by atoms with E-state index in [1.54, 1.807) is 35.2 Å². The number of nitrogens with zero attached hydrogens (tertiary/aromatic N) is 2. The van der Waals surface area contributed by atoms with Crippen molar-refractivity contribution in [2.75, 3.05) is 24.2 Å². The Bertz CT molecular complexity index is 1160. The summed E-state index contributed by atoms with van der Waals surface area (Å²) in [6.45, 7) is 6.05. The molecule has 37 heavy (non-hydrogen) atoms. The van der Waals surface area contributed by atoms with Gasteiger partial charge in [0, 0.05) is 36.6 Å². The average molecular weight is 552 g/mol. The number of nitrogens with one attached hydrogen (secondary N) is 1. The SMILES string of the molecule is CC[C@@H](C)NC(=O)[C@@H](CC)N(Cc1ccccc1Cl)C(=O)CCCN(c1cccc(OC)c1)S(C)(=O)=O. The second-order valence-corrected chi connectivity index (χ2v) is 11.3. The number of hydrogen-bond acceptors (Lipinski definition) is 5. The van der Waals surface area contributed by atoms with Gasteiger partial charge < -0.3 is 15.0 Å². The van der Waals surface area contributed by atoms with E-state index >= 15 is 0 Å². The summed E-state index contributed by atoms with van der Waals surface area (Å²) in [5.74, 6) is 0.0720. The standard InChI is InChI=1S/C27H38ClN3O5S/c1-6-20(3)29-27(33)25(7-2)30(19-21-12-8-9-15-24(21)28)26(32)16-11-17-31(37(5,34)35)22-13-10-14-23(18-22)36-4/h8-10,12-15,18,20,25H,6-7,11,16-17,19H2,1-5H3,(H,29,33)/t20-,25-/m1/s1. The molecule has 0 saturated carbocycles. The molecule has 0 spiro atoms. The molecule has 2 aromatic carbocycles. The van der Waals surface area contributed by atoms with Crippen LogP contribution in [0.15, 0.2) is 48.5 Å². The van der Waals surface area contributed by atoms with Gasteiger partial charge in [0.1, 0.15) is 11.8 Å². The van der Waals surface area contributed by atoms with Crippen LogP contribution in [0.25, 0.3) is 0 Å². The van der Waals surface area contributed by atoms with Gasteiger partial charge in [0.15, 0.2) is 0 Å². The van der Waals surface area contributed by atoms with Crippen molar-refractivity contribution < 1.29 is 22.7 Å². The van der Waals surface area contributed by atoms with Gasteiger partial charge >= 0.3 is 0 Å². The molecule has 8 nitrogen and oxygen atoms in total. The largest absolute Gasteiger partial charge is 0.497 e. The van der Waals surface area contributed by atoms with Gasteiger partial charge in [0.05, 0.1) is 19.1 Å². The van der Waals surface area contributed by atoms with Crippen molar-refractivity contribution >= 4 is 39.1 Å². The van der Waals surface area contributed by atoms with E-state index in [2.05, 4.69) is 5.32 Å². The highest BCUT2D eigenvalue weighted by Crippen LogP contribution is 2.24. The lowest BCUT2D eigenvalue weighted by molar-refractivity contribution is -0.141. The Morgan fingerprint density at radius 2 is 1.78 bits per heavy atom. The number of hydrogen-bond donors (Lipinski definition) is 1. The van der Waals surface area contributed by atoms with Crippen LogP contribution in [0, 0.1) is 0 Å². The maximum Gasteiger partial charge on any atom is 0.243 e. The predicted octanol–water partition coefficient (Wildman–Crippen LogP) is 4.62. The van der Waals surface area contributed by atoms with Gasteiger partial charge in [-0.1, -0.05) is 49.7 Å². The van der Waals surface area contributed by atoms with Crippen molar-refractivity contribution in [2.45, 2.75) is 65.1 Å². The van der Waals surface area contributed by atoms with E-state index in [0.717, 1.165) is 18.2 Å². The average Bonchev–Trinajstić information content (AvgIpc) is 2.86. The Kier molecular flexibility index (Phi) is 11.7. The fourth-order valence-electron chi connectivity index (χ4n) is 3.94. The Morgan fingerprint density at radius 3 is 2.38 bits per heavy atom. The monoisotopic (exact) mass is 551 g/mol. The van der Waals surface area contributed by atoms with Gasteiger partial charge in [-0.25, -0.2) is 8.42 Å². The lowest BCUT2D eigenvalue weighted by Crippen LogP contribution is -2.50. The Morgan fingerprint density at radius 1 is 1.08 bits per heavy atom. The highest BCUT2D eigenvalue weighted by Gasteiger charge is 2.30. The van der Waals surface area contributed by atoms with Gasteiger partial charge in [0.2, 0.25) is 21.8 Å². The van der Waals surface area contributed by atoms with Gasteiger partial charge in [-0.05, 0) is 49.9 Å². The maximum atomic E-state index is 13.5. The maximum absolute atomic E-state index is 13.5. The molecule has 0 bridgehead atoms. The Hall–Kier alpha value is -2.78. The number of anilines is 1. The molecule has 0 unspecified atom stereocenters. The van der Waals surface area contributed by atoms with Crippen LogP contribution in [-0.2, 0) is 26.2 Å². The number of carbonyl (C=O) groups is 2. The predicted molar refractivity (Wildman–Crippen MR) is 148 cm³/mol. The van der Waals surface area contributed by atoms with E-state index in [1.807, 2.05) is 39.0 Å². The van der Waals surface area contributed by atoms with E-state index in [1.165, 1.54) is 11.4 Å². The topological polar surface area (TPSA) is 96.0 Å². The number of carbonyl (C=O) groups excluding carboxylic acids is 2. The van der Waals surface area contributed by atoms with Crippen LogP contribution >= 0.6 is 11.6 Å². The molecule has 2 atom stereocenters. The van der Waals surface area contributed by atoms with Crippen LogP contribution in [0.3, 0.4) is 0 Å². The smallest absolute Gasteiger partial charge is 0.243 e. The van der Waals surface area contributed by atoms with E-state index < -0.39 is 16.1 Å². The lowest BCUT2D eigenvalue weighted by atomic mass is 10.1. The molecule has 204 valence electrons. The summed E-state index contributed by atoms with van der Waals surface area (Å²) >= 11 is 6.37. The fourth-order valence-corrected chi connectivity index (χ4v) is 5.09. The number of rotatable bonds is 14. The van der Waals surface area contributed by atoms with Crippen molar-refractivity contribution in [3.63, 3.8) is 0 Å². The van der Waals surface area contributed by atoms with Crippen molar-refractivity contribution in [1.82, 2.24) is 10.2 Å². The lowest BCUT2D eigenvalue weighted by Gasteiger charge is -2.32. The molecular weight excluding hydrogens is 514 g/mol. The first-order valence-electron chi connectivity index (χ1n) is 12.5. The molecule has 0 fully saturated rings. The van der Waals surface area contributed by atoms with Crippen molar-refractivity contribution in [2.24, 2.45) is 0 Å². The molecule has 0 aliphatic rings. The summed E-state index contributed by atoms with van der Waals surface area (Å²) in [4.78, 5) is 28.1. The number of methoxy groups -OCH3 is 1. The Balaban J connectivity index is 2.24. The molecule has 10 heteroatoms. The normalized spacial score (nSPS) is 12.9. The third-order valence-electron chi connectivity index (χ3n) is 6.18.